The van der Waals surface area contributed by atoms with Crippen molar-refractivity contribution in [3.63, 3.8) is 0 Å². The van der Waals surface area contributed by atoms with E-state index in [9.17, 15) is 12.9 Å². The van der Waals surface area contributed by atoms with Crippen molar-refractivity contribution in [3.8, 4) is 0 Å². The number of halogens is 4. The smallest absolute Gasteiger partial charge is 0.445 e. The van der Waals surface area contributed by atoms with E-state index in [2.05, 4.69) is 0 Å². The van der Waals surface area contributed by atoms with Gasteiger partial charge in [-0.25, -0.2) is 0 Å². The molecule has 0 spiro atoms. The number of hydrogen-bond acceptors (Lipinski definition) is 0. The van der Waals surface area contributed by atoms with Crippen molar-refractivity contribution in [3.05, 3.63) is 29.3 Å². The summed E-state index contributed by atoms with van der Waals surface area (Å²) in [5.74, 6) is 0. The standard InChI is InChI=1S/C6H4BClF3/c8-6-3-1-2-5(4-6)7(9,10)11/h1-4H/q-1. The fraction of sp³-hybridized carbons (Fsp3) is 0. The van der Waals surface area contributed by atoms with E-state index in [0.717, 1.165) is 12.1 Å². The minimum atomic E-state index is -4.91. The SMILES string of the molecule is F[B-](F)(F)c1cccc(Cl)c1. The van der Waals surface area contributed by atoms with Gasteiger partial charge in [0.2, 0.25) is 0 Å². The maximum absolute atomic E-state index is 12.0. The minimum Gasteiger partial charge on any atom is -0.445 e. The molecule has 11 heavy (non-hydrogen) atoms. The molecule has 0 heterocycles. The van der Waals surface area contributed by atoms with Crippen LogP contribution in [0, 0.1) is 0 Å². The molecule has 0 N–H and O–H groups in total. The van der Waals surface area contributed by atoms with Gasteiger partial charge in [0.15, 0.2) is 0 Å². The highest BCUT2D eigenvalue weighted by molar-refractivity contribution is 6.73. The van der Waals surface area contributed by atoms with Gasteiger partial charge >= 0.3 is 6.98 Å². The summed E-state index contributed by atoms with van der Waals surface area (Å²) < 4.78 is 35.9. The average molecular weight is 179 g/mol. The molecule has 1 aromatic carbocycles. The van der Waals surface area contributed by atoms with Crippen molar-refractivity contribution in [2.75, 3.05) is 0 Å². The number of hydrogen-bond donors (Lipinski definition) is 0. The minimum absolute atomic E-state index is 0.113. The summed E-state index contributed by atoms with van der Waals surface area (Å²) in [6.45, 7) is -4.91. The molecule has 0 unspecified atom stereocenters. The van der Waals surface area contributed by atoms with Crippen LogP contribution in [0.5, 0.6) is 0 Å². The Balaban J connectivity index is 3.06. The third-order valence-electron chi connectivity index (χ3n) is 1.23. The van der Waals surface area contributed by atoms with Gasteiger partial charge in [0, 0.05) is 5.02 Å². The van der Waals surface area contributed by atoms with E-state index in [-0.39, 0.29) is 5.02 Å². The molecule has 0 aliphatic rings. The van der Waals surface area contributed by atoms with E-state index < -0.39 is 12.4 Å². The maximum Gasteiger partial charge on any atom is 0.509 e. The van der Waals surface area contributed by atoms with Crippen LogP contribution in [0.15, 0.2) is 24.3 Å². The average Bonchev–Trinajstić information content (AvgIpc) is 1.86. The molecule has 0 radical (unpaired) electrons. The van der Waals surface area contributed by atoms with Crippen LogP contribution in [0.2, 0.25) is 5.02 Å². The monoisotopic (exact) mass is 179 g/mol. The summed E-state index contributed by atoms with van der Waals surface area (Å²) in [7, 11) is 0. The van der Waals surface area contributed by atoms with Crippen molar-refractivity contribution in [2.24, 2.45) is 0 Å². The molecule has 1 rings (SSSR count). The molecule has 0 aliphatic heterocycles. The van der Waals surface area contributed by atoms with Crippen LogP contribution >= 0.6 is 11.6 Å². The van der Waals surface area contributed by atoms with E-state index in [0.29, 0.717) is 0 Å². The first-order valence-corrected chi connectivity index (χ1v) is 3.33. The quantitative estimate of drug-likeness (QED) is 0.581. The summed E-state index contributed by atoms with van der Waals surface area (Å²) >= 11 is 5.36. The highest BCUT2D eigenvalue weighted by Gasteiger charge is 2.24. The zero-order chi connectivity index (χ0) is 8.48. The van der Waals surface area contributed by atoms with Gasteiger partial charge < -0.3 is 12.9 Å². The van der Waals surface area contributed by atoms with E-state index in [1.807, 2.05) is 0 Å². The molecule has 0 aliphatic carbocycles. The second-order valence-electron chi connectivity index (χ2n) is 2.13. The Morgan fingerprint density at radius 2 is 1.82 bits per heavy atom. The number of rotatable bonds is 1. The van der Waals surface area contributed by atoms with Crippen molar-refractivity contribution < 1.29 is 12.9 Å². The van der Waals surface area contributed by atoms with Crippen molar-refractivity contribution in [1.29, 1.82) is 0 Å². The molecule has 0 nitrogen and oxygen atoms in total. The predicted octanol–water partition coefficient (Wildman–Crippen LogP) is 2.39. The Hall–Kier alpha value is -0.635. The third kappa shape index (κ3) is 2.15. The molecular formula is C6H4BClF3-. The van der Waals surface area contributed by atoms with Crippen LogP contribution in [0.3, 0.4) is 0 Å². The molecule has 0 fully saturated rings. The fourth-order valence-electron chi connectivity index (χ4n) is 0.710. The summed E-state index contributed by atoms with van der Waals surface area (Å²) in [4.78, 5) is 0. The third-order valence-corrected chi connectivity index (χ3v) is 1.46. The lowest BCUT2D eigenvalue weighted by Crippen LogP contribution is -2.33. The van der Waals surface area contributed by atoms with Crippen LogP contribution in [-0.2, 0) is 0 Å². The highest BCUT2D eigenvalue weighted by atomic mass is 35.5. The largest absolute Gasteiger partial charge is 0.509 e. The zero-order valence-electron chi connectivity index (χ0n) is 5.40. The van der Waals surface area contributed by atoms with Gasteiger partial charge in [0.25, 0.3) is 0 Å². The first-order chi connectivity index (χ1) is 5.00. The van der Waals surface area contributed by atoms with Gasteiger partial charge in [-0.15, -0.1) is 5.46 Å². The molecule has 0 saturated heterocycles. The molecule has 1 aromatic rings. The molecule has 60 valence electrons. The van der Waals surface area contributed by atoms with E-state index in [4.69, 9.17) is 11.6 Å². The normalized spacial score (nSPS) is 11.6. The van der Waals surface area contributed by atoms with Crippen LogP contribution in [-0.4, -0.2) is 6.98 Å². The van der Waals surface area contributed by atoms with Gasteiger partial charge in [-0.3, -0.25) is 0 Å². The highest BCUT2D eigenvalue weighted by Crippen LogP contribution is 2.12. The first kappa shape index (κ1) is 8.46. The van der Waals surface area contributed by atoms with Crippen LogP contribution < -0.4 is 5.46 Å². The summed E-state index contributed by atoms with van der Waals surface area (Å²) in [5, 5.41) is 0.113. The van der Waals surface area contributed by atoms with Gasteiger partial charge in [-0.1, -0.05) is 29.8 Å². The summed E-state index contributed by atoms with van der Waals surface area (Å²) in [5.41, 5.74) is -0.655. The fourth-order valence-corrected chi connectivity index (χ4v) is 0.909. The Morgan fingerprint density at radius 1 is 1.18 bits per heavy atom. The Morgan fingerprint density at radius 3 is 2.18 bits per heavy atom. The van der Waals surface area contributed by atoms with Crippen molar-refractivity contribution in [2.45, 2.75) is 0 Å². The molecule has 0 bridgehead atoms. The first-order valence-electron chi connectivity index (χ1n) is 2.95. The Kier molecular flexibility index (Phi) is 2.14. The summed E-state index contributed by atoms with van der Waals surface area (Å²) in [6, 6.07) is 4.62. The molecule has 0 atom stereocenters. The molecule has 0 saturated carbocycles. The summed E-state index contributed by atoms with van der Waals surface area (Å²) in [6.07, 6.45) is 0. The molecule has 5 heteroatoms. The Labute approximate surface area is 67.0 Å². The van der Waals surface area contributed by atoms with Crippen LogP contribution in [0.25, 0.3) is 0 Å². The second kappa shape index (κ2) is 2.78. The Bertz CT molecular complexity index is 258. The van der Waals surface area contributed by atoms with Crippen LogP contribution in [0.1, 0.15) is 0 Å². The predicted molar refractivity (Wildman–Crippen MR) is 40.2 cm³/mol. The van der Waals surface area contributed by atoms with Crippen LogP contribution in [0.4, 0.5) is 12.9 Å². The molecule has 0 aromatic heterocycles. The van der Waals surface area contributed by atoms with Gasteiger partial charge in [0.1, 0.15) is 0 Å². The van der Waals surface area contributed by atoms with E-state index in [1.54, 1.807) is 0 Å². The van der Waals surface area contributed by atoms with Gasteiger partial charge in [-0.2, -0.15) is 0 Å². The van der Waals surface area contributed by atoms with E-state index in [1.165, 1.54) is 12.1 Å². The zero-order valence-corrected chi connectivity index (χ0v) is 6.15. The lowest BCUT2D eigenvalue weighted by molar-refractivity contribution is 0.501. The second-order valence-corrected chi connectivity index (χ2v) is 2.57. The molecular weight excluding hydrogens is 175 g/mol. The lowest BCUT2D eigenvalue weighted by Gasteiger charge is -2.13. The lowest BCUT2D eigenvalue weighted by atomic mass is 9.80. The van der Waals surface area contributed by atoms with Crippen molar-refractivity contribution in [1.82, 2.24) is 0 Å². The van der Waals surface area contributed by atoms with Crippen molar-refractivity contribution >= 4 is 24.0 Å². The number of benzene rings is 1. The van der Waals surface area contributed by atoms with Gasteiger partial charge in [0.05, 0.1) is 0 Å². The maximum atomic E-state index is 12.0. The topological polar surface area (TPSA) is 0 Å². The van der Waals surface area contributed by atoms with E-state index >= 15 is 0 Å². The molecule has 0 amide bonds. The van der Waals surface area contributed by atoms with Gasteiger partial charge in [-0.05, 0) is 6.07 Å².